The summed E-state index contributed by atoms with van der Waals surface area (Å²) in [6.45, 7) is 0. The van der Waals surface area contributed by atoms with Crippen LogP contribution in [0.15, 0.2) is 54.3 Å². The van der Waals surface area contributed by atoms with Gasteiger partial charge in [-0.15, -0.1) is 0 Å². The van der Waals surface area contributed by atoms with E-state index in [0.29, 0.717) is 17.0 Å². The summed E-state index contributed by atoms with van der Waals surface area (Å²) in [5, 5.41) is 19.4. The van der Waals surface area contributed by atoms with Crippen molar-refractivity contribution >= 4 is 23.1 Å². The van der Waals surface area contributed by atoms with Gasteiger partial charge in [-0.2, -0.15) is 0 Å². The molecule has 0 amide bonds. The Hall–Kier alpha value is -2.33. The predicted molar refractivity (Wildman–Crippen MR) is 83.4 cm³/mol. The summed E-state index contributed by atoms with van der Waals surface area (Å²) >= 11 is 5.81. The molecule has 0 aliphatic heterocycles. The van der Waals surface area contributed by atoms with Crippen LogP contribution in [0, 0.1) is 5.82 Å². The average Bonchev–Trinajstić information content (AvgIpc) is 2.49. The number of carboxylic acids is 1. The molecule has 0 saturated carbocycles. The molecule has 0 aliphatic rings. The molecular formula is C17H14ClFO3. The molecule has 22 heavy (non-hydrogen) atoms. The first kappa shape index (κ1) is 16.0. The number of aliphatic hydroxyl groups excluding tert-OH is 1. The number of halogens is 2. The van der Waals surface area contributed by atoms with Crippen molar-refractivity contribution in [3.63, 3.8) is 0 Å². The highest BCUT2D eigenvalue weighted by Crippen LogP contribution is 2.25. The van der Waals surface area contributed by atoms with E-state index in [1.807, 2.05) is 12.1 Å². The van der Waals surface area contributed by atoms with Crippen molar-refractivity contribution in [2.75, 3.05) is 0 Å². The van der Waals surface area contributed by atoms with E-state index in [1.54, 1.807) is 18.2 Å². The molecule has 0 heterocycles. The van der Waals surface area contributed by atoms with E-state index >= 15 is 0 Å². The molecule has 114 valence electrons. The molecule has 2 aromatic rings. The summed E-state index contributed by atoms with van der Waals surface area (Å²) in [7, 11) is 0. The van der Waals surface area contributed by atoms with E-state index in [2.05, 4.69) is 0 Å². The highest BCUT2D eigenvalue weighted by atomic mass is 35.5. The lowest BCUT2D eigenvalue weighted by Crippen LogP contribution is -2.05. The molecule has 0 saturated heterocycles. The zero-order valence-electron chi connectivity index (χ0n) is 11.6. The van der Waals surface area contributed by atoms with Gasteiger partial charge in [0.05, 0.1) is 0 Å². The standard InChI is InChI=1S/C17H14ClFO3/c18-13-7-4-11(5-8-13)6-9-15(16(20)17(21)22)12-2-1-3-14(19)10-12/h1-5,7-8,10,20H,6,9H2,(H,21,22)/b16-15+. The SMILES string of the molecule is O=C(O)/C(O)=C(/CCc1ccc(Cl)cc1)c1cccc(F)c1. The first-order valence-electron chi connectivity index (χ1n) is 6.63. The molecule has 0 aromatic heterocycles. The molecule has 2 N–H and O–H groups in total. The van der Waals surface area contributed by atoms with E-state index in [4.69, 9.17) is 16.7 Å². The minimum absolute atomic E-state index is 0.196. The average molecular weight is 321 g/mol. The Morgan fingerprint density at radius 2 is 1.77 bits per heavy atom. The van der Waals surface area contributed by atoms with Crippen molar-refractivity contribution in [2.45, 2.75) is 12.8 Å². The Morgan fingerprint density at radius 3 is 2.36 bits per heavy atom. The number of hydrogen-bond donors (Lipinski definition) is 2. The van der Waals surface area contributed by atoms with Crippen LogP contribution < -0.4 is 0 Å². The Balaban J connectivity index is 2.28. The first-order chi connectivity index (χ1) is 10.5. The minimum Gasteiger partial charge on any atom is -0.502 e. The molecule has 5 heteroatoms. The fraction of sp³-hybridized carbons (Fsp3) is 0.118. The van der Waals surface area contributed by atoms with Gasteiger partial charge in [0, 0.05) is 10.6 Å². The van der Waals surface area contributed by atoms with Crippen molar-refractivity contribution in [3.05, 3.63) is 76.3 Å². The molecule has 0 atom stereocenters. The fourth-order valence-electron chi connectivity index (χ4n) is 2.13. The van der Waals surface area contributed by atoms with E-state index in [0.717, 1.165) is 5.56 Å². The van der Waals surface area contributed by atoms with Crippen molar-refractivity contribution < 1.29 is 19.4 Å². The van der Waals surface area contributed by atoms with Gasteiger partial charge in [-0.25, -0.2) is 9.18 Å². The van der Waals surface area contributed by atoms with Gasteiger partial charge in [0.2, 0.25) is 5.76 Å². The summed E-state index contributed by atoms with van der Waals surface area (Å²) in [6.07, 6.45) is 0.767. The van der Waals surface area contributed by atoms with Crippen LogP contribution in [0.2, 0.25) is 5.02 Å². The topological polar surface area (TPSA) is 57.5 Å². The molecule has 0 aliphatic carbocycles. The molecule has 3 nitrogen and oxygen atoms in total. The smallest absolute Gasteiger partial charge is 0.371 e. The Morgan fingerprint density at radius 1 is 1.09 bits per heavy atom. The molecule has 2 aromatic carbocycles. The van der Waals surface area contributed by atoms with Crippen LogP contribution in [-0.2, 0) is 11.2 Å². The monoisotopic (exact) mass is 320 g/mol. The van der Waals surface area contributed by atoms with E-state index in [1.165, 1.54) is 18.2 Å². The van der Waals surface area contributed by atoms with Crippen LogP contribution in [0.1, 0.15) is 17.5 Å². The number of rotatable bonds is 5. The van der Waals surface area contributed by atoms with Crippen LogP contribution in [0.5, 0.6) is 0 Å². The second-order valence-electron chi connectivity index (χ2n) is 4.77. The minimum atomic E-state index is -1.43. The van der Waals surface area contributed by atoms with Crippen molar-refractivity contribution in [1.29, 1.82) is 0 Å². The molecule has 0 unspecified atom stereocenters. The van der Waals surface area contributed by atoms with Crippen LogP contribution in [0.25, 0.3) is 5.57 Å². The van der Waals surface area contributed by atoms with Crippen LogP contribution in [0.4, 0.5) is 4.39 Å². The van der Waals surface area contributed by atoms with Gasteiger partial charge in [-0.1, -0.05) is 35.9 Å². The third-order valence-electron chi connectivity index (χ3n) is 3.24. The largest absolute Gasteiger partial charge is 0.502 e. The molecular weight excluding hydrogens is 307 g/mol. The van der Waals surface area contributed by atoms with Gasteiger partial charge in [0.25, 0.3) is 0 Å². The third-order valence-corrected chi connectivity index (χ3v) is 3.49. The lowest BCUT2D eigenvalue weighted by molar-refractivity contribution is -0.135. The first-order valence-corrected chi connectivity index (χ1v) is 7.01. The number of carbonyl (C=O) groups is 1. The molecule has 0 radical (unpaired) electrons. The Kier molecular flexibility index (Phi) is 5.17. The number of allylic oxidation sites excluding steroid dienone is 1. The summed E-state index contributed by atoms with van der Waals surface area (Å²) < 4.78 is 13.3. The predicted octanol–water partition coefficient (Wildman–Crippen LogP) is 4.47. The van der Waals surface area contributed by atoms with Gasteiger partial charge in [0.15, 0.2) is 0 Å². The molecule has 2 rings (SSSR count). The fourth-order valence-corrected chi connectivity index (χ4v) is 2.25. The highest BCUT2D eigenvalue weighted by Gasteiger charge is 2.15. The maximum atomic E-state index is 13.3. The lowest BCUT2D eigenvalue weighted by Gasteiger charge is -2.10. The number of benzene rings is 2. The third kappa shape index (κ3) is 4.09. The second kappa shape index (κ2) is 7.09. The van der Waals surface area contributed by atoms with Crippen molar-refractivity contribution in [3.8, 4) is 0 Å². The molecule has 0 fully saturated rings. The summed E-state index contributed by atoms with van der Waals surface area (Å²) in [5.74, 6) is -2.69. The van der Waals surface area contributed by atoms with Gasteiger partial charge < -0.3 is 10.2 Å². The lowest BCUT2D eigenvalue weighted by atomic mass is 9.97. The molecule has 0 bridgehead atoms. The summed E-state index contributed by atoms with van der Waals surface area (Å²) in [5.41, 5.74) is 1.49. The maximum Gasteiger partial charge on any atom is 0.371 e. The van der Waals surface area contributed by atoms with E-state index < -0.39 is 17.5 Å². The normalized spacial score (nSPS) is 11.9. The van der Waals surface area contributed by atoms with Crippen LogP contribution >= 0.6 is 11.6 Å². The summed E-state index contributed by atoms with van der Waals surface area (Å²) in [4.78, 5) is 11.0. The zero-order chi connectivity index (χ0) is 16.1. The van der Waals surface area contributed by atoms with Gasteiger partial charge in [0.1, 0.15) is 5.82 Å². The molecule has 0 spiro atoms. The van der Waals surface area contributed by atoms with Gasteiger partial charge >= 0.3 is 5.97 Å². The van der Waals surface area contributed by atoms with Gasteiger partial charge in [-0.3, -0.25) is 0 Å². The second-order valence-corrected chi connectivity index (χ2v) is 5.21. The number of aliphatic carboxylic acids is 1. The number of aryl methyl sites for hydroxylation is 1. The van der Waals surface area contributed by atoms with Crippen molar-refractivity contribution in [2.24, 2.45) is 0 Å². The van der Waals surface area contributed by atoms with E-state index in [-0.39, 0.29) is 12.0 Å². The number of carboxylic acid groups (broad SMARTS) is 1. The Bertz CT molecular complexity index is 708. The van der Waals surface area contributed by atoms with Crippen molar-refractivity contribution in [1.82, 2.24) is 0 Å². The zero-order valence-corrected chi connectivity index (χ0v) is 12.3. The van der Waals surface area contributed by atoms with Crippen LogP contribution in [0.3, 0.4) is 0 Å². The maximum absolute atomic E-state index is 13.3. The Labute approximate surface area is 132 Å². The quantitative estimate of drug-likeness (QED) is 0.631. The van der Waals surface area contributed by atoms with Gasteiger partial charge in [-0.05, 0) is 48.2 Å². The highest BCUT2D eigenvalue weighted by molar-refractivity contribution is 6.30. The van der Waals surface area contributed by atoms with E-state index in [9.17, 15) is 14.3 Å². The number of hydrogen-bond acceptors (Lipinski definition) is 2. The summed E-state index contributed by atoms with van der Waals surface area (Å²) in [6, 6.07) is 12.6. The number of aliphatic hydroxyl groups is 1. The van der Waals surface area contributed by atoms with Crippen LogP contribution in [-0.4, -0.2) is 16.2 Å².